The third-order valence-corrected chi connectivity index (χ3v) is 3.12. The smallest absolute Gasteiger partial charge is 0.223 e. The average Bonchev–Trinajstić information content (AvgIpc) is 2.39. The van der Waals surface area contributed by atoms with Gasteiger partial charge in [-0.2, -0.15) is 5.26 Å². The van der Waals surface area contributed by atoms with Crippen LogP contribution in [0.4, 0.5) is 0 Å². The van der Waals surface area contributed by atoms with Crippen molar-refractivity contribution in [1.82, 2.24) is 4.90 Å². The fraction of sp³-hybridized carbons (Fsp3) is 0.467. The van der Waals surface area contributed by atoms with Crippen molar-refractivity contribution in [2.45, 2.75) is 39.2 Å². The van der Waals surface area contributed by atoms with Crippen molar-refractivity contribution in [3.05, 3.63) is 35.4 Å². The van der Waals surface area contributed by atoms with Crippen LogP contribution in [0, 0.1) is 11.3 Å². The van der Waals surface area contributed by atoms with Crippen LogP contribution in [0.5, 0.6) is 0 Å². The molecule has 0 bridgehead atoms. The summed E-state index contributed by atoms with van der Waals surface area (Å²) >= 11 is 0. The molecule has 3 nitrogen and oxygen atoms in total. The first-order valence-corrected chi connectivity index (χ1v) is 6.26. The molecule has 0 aromatic heterocycles. The Morgan fingerprint density at radius 3 is 2.17 bits per heavy atom. The van der Waals surface area contributed by atoms with E-state index in [4.69, 9.17) is 0 Å². The quantitative estimate of drug-likeness (QED) is 0.816. The maximum absolute atomic E-state index is 11.6. The van der Waals surface area contributed by atoms with E-state index < -0.39 is 6.04 Å². The summed E-state index contributed by atoms with van der Waals surface area (Å²) in [5, 5.41) is 9.23. The molecule has 0 heterocycles. The maximum atomic E-state index is 11.6. The van der Waals surface area contributed by atoms with E-state index in [1.165, 1.54) is 10.5 Å². The van der Waals surface area contributed by atoms with Crippen LogP contribution in [-0.4, -0.2) is 17.9 Å². The molecule has 1 unspecified atom stereocenters. The molecule has 96 valence electrons. The molecule has 0 aliphatic carbocycles. The van der Waals surface area contributed by atoms with Crippen molar-refractivity contribution < 1.29 is 4.79 Å². The molecule has 18 heavy (non-hydrogen) atoms. The van der Waals surface area contributed by atoms with Gasteiger partial charge in [-0.15, -0.1) is 0 Å². The number of nitrogens with zero attached hydrogens (tertiary/aromatic N) is 2. The number of hydrogen-bond donors (Lipinski definition) is 0. The minimum atomic E-state index is -0.501. The van der Waals surface area contributed by atoms with Crippen LogP contribution in [0.3, 0.4) is 0 Å². The molecule has 1 aromatic carbocycles. The molecule has 0 N–H and O–H groups in total. The van der Waals surface area contributed by atoms with Crippen molar-refractivity contribution in [2.75, 3.05) is 7.05 Å². The summed E-state index contributed by atoms with van der Waals surface area (Å²) in [6, 6.07) is 9.60. The van der Waals surface area contributed by atoms with Gasteiger partial charge in [-0.25, -0.2) is 0 Å². The van der Waals surface area contributed by atoms with Gasteiger partial charge < -0.3 is 4.90 Å². The lowest BCUT2D eigenvalue weighted by Gasteiger charge is -2.22. The zero-order valence-corrected chi connectivity index (χ0v) is 11.5. The van der Waals surface area contributed by atoms with E-state index in [1.807, 2.05) is 24.3 Å². The van der Waals surface area contributed by atoms with E-state index >= 15 is 0 Å². The van der Waals surface area contributed by atoms with Gasteiger partial charge in [0, 0.05) is 13.5 Å². The Morgan fingerprint density at radius 2 is 1.78 bits per heavy atom. The Bertz CT molecular complexity index is 443. The number of amides is 1. The SMILES string of the molecule is CCC(=O)N(C)C(C#N)c1ccc(C(C)C)cc1. The summed E-state index contributed by atoms with van der Waals surface area (Å²) in [6.45, 7) is 6.06. The van der Waals surface area contributed by atoms with Crippen LogP contribution < -0.4 is 0 Å². The number of rotatable bonds is 4. The van der Waals surface area contributed by atoms with Crippen LogP contribution in [0.1, 0.15) is 50.3 Å². The predicted molar refractivity (Wildman–Crippen MR) is 71.9 cm³/mol. The number of benzene rings is 1. The van der Waals surface area contributed by atoms with Crippen molar-refractivity contribution in [3.63, 3.8) is 0 Å². The molecule has 1 amide bonds. The topological polar surface area (TPSA) is 44.1 Å². The van der Waals surface area contributed by atoms with Gasteiger partial charge in [0.2, 0.25) is 5.91 Å². The molecular weight excluding hydrogens is 224 g/mol. The standard InChI is InChI=1S/C15H20N2O/c1-5-15(18)17(4)14(10-16)13-8-6-12(7-9-13)11(2)3/h6-9,11,14H,5H2,1-4H3. The molecule has 0 fully saturated rings. The molecule has 1 aromatic rings. The van der Waals surface area contributed by atoms with Gasteiger partial charge in [0.25, 0.3) is 0 Å². The van der Waals surface area contributed by atoms with Gasteiger partial charge in [0.1, 0.15) is 6.04 Å². The molecule has 0 radical (unpaired) electrons. The average molecular weight is 244 g/mol. The predicted octanol–water partition coefficient (Wildman–Crippen LogP) is 3.24. The summed E-state index contributed by atoms with van der Waals surface area (Å²) in [6.07, 6.45) is 0.415. The third-order valence-electron chi connectivity index (χ3n) is 3.12. The first-order valence-electron chi connectivity index (χ1n) is 6.26. The lowest BCUT2D eigenvalue weighted by Crippen LogP contribution is -2.29. The third kappa shape index (κ3) is 3.10. The summed E-state index contributed by atoms with van der Waals surface area (Å²) in [5.74, 6) is 0.448. The summed E-state index contributed by atoms with van der Waals surface area (Å²) < 4.78 is 0. The fourth-order valence-electron chi connectivity index (χ4n) is 1.84. The van der Waals surface area contributed by atoms with Crippen molar-refractivity contribution in [3.8, 4) is 6.07 Å². The second-order valence-corrected chi connectivity index (χ2v) is 4.71. The lowest BCUT2D eigenvalue weighted by molar-refractivity contribution is -0.130. The van der Waals surface area contributed by atoms with Crippen molar-refractivity contribution in [1.29, 1.82) is 5.26 Å². The Hall–Kier alpha value is -1.82. The molecule has 1 rings (SSSR count). The van der Waals surface area contributed by atoms with Gasteiger partial charge in [-0.3, -0.25) is 4.79 Å². The molecule has 0 spiro atoms. The van der Waals surface area contributed by atoms with Gasteiger partial charge in [-0.05, 0) is 17.0 Å². The number of nitriles is 1. The highest BCUT2D eigenvalue weighted by molar-refractivity contribution is 5.76. The van der Waals surface area contributed by atoms with E-state index in [1.54, 1.807) is 14.0 Å². The minimum absolute atomic E-state index is 0.0190. The van der Waals surface area contributed by atoms with Crippen molar-refractivity contribution in [2.24, 2.45) is 0 Å². The van der Waals surface area contributed by atoms with Crippen LogP contribution in [0.15, 0.2) is 24.3 Å². The molecule has 0 aliphatic rings. The molecule has 0 aliphatic heterocycles. The van der Waals surface area contributed by atoms with E-state index in [2.05, 4.69) is 19.9 Å². The highest BCUT2D eigenvalue weighted by Crippen LogP contribution is 2.22. The highest BCUT2D eigenvalue weighted by Gasteiger charge is 2.19. The van der Waals surface area contributed by atoms with E-state index in [0.717, 1.165) is 5.56 Å². The lowest BCUT2D eigenvalue weighted by atomic mass is 9.99. The number of hydrogen-bond acceptors (Lipinski definition) is 2. The molecule has 0 saturated heterocycles. The van der Waals surface area contributed by atoms with E-state index in [-0.39, 0.29) is 5.91 Å². The second-order valence-electron chi connectivity index (χ2n) is 4.71. The van der Waals surface area contributed by atoms with Gasteiger partial charge in [0.05, 0.1) is 6.07 Å². The first kappa shape index (κ1) is 14.2. The van der Waals surface area contributed by atoms with E-state index in [0.29, 0.717) is 12.3 Å². The second kappa shape index (κ2) is 6.20. The summed E-state index contributed by atoms with van der Waals surface area (Å²) in [7, 11) is 1.68. The Labute approximate surface area is 109 Å². The largest absolute Gasteiger partial charge is 0.326 e. The molecular formula is C15H20N2O. The molecule has 1 atom stereocenters. The van der Waals surface area contributed by atoms with Gasteiger partial charge in [-0.1, -0.05) is 45.0 Å². The Kier molecular flexibility index (Phi) is 4.91. The first-order chi connectivity index (χ1) is 8.51. The summed E-state index contributed by atoms with van der Waals surface area (Å²) in [4.78, 5) is 13.1. The monoisotopic (exact) mass is 244 g/mol. The minimum Gasteiger partial charge on any atom is -0.326 e. The zero-order valence-electron chi connectivity index (χ0n) is 11.5. The van der Waals surface area contributed by atoms with Crippen molar-refractivity contribution >= 4 is 5.91 Å². The highest BCUT2D eigenvalue weighted by atomic mass is 16.2. The molecule has 0 saturated carbocycles. The zero-order chi connectivity index (χ0) is 13.7. The molecule has 3 heteroatoms. The maximum Gasteiger partial charge on any atom is 0.223 e. The Morgan fingerprint density at radius 1 is 1.28 bits per heavy atom. The van der Waals surface area contributed by atoms with Gasteiger partial charge >= 0.3 is 0 Å². The Balaban J connectivity index is 2.96. The normalized spacial score (nSPS) is 12.0. The van der Waals surface area contributed by atoms with E-state index in [9.17, 15) is 10.1 Å². The van der Waals surface area contributed by atoms with Crippen LogP contribution in [-0.2, 0) is 4.79 Å². The van der Waals surface area contributed by atoms with Crippen LogP contribution in [0.2, 0.25) is 0 Å². The van der Waals surface area contributed by atoms with Crippen LogP contribution >= 0.6 is 0 Å². The number of carbonyl (C=O) groups is 1. The fourth-order valence-corrected chi connectivity index (χ4v) is 1.84. The number of carbonyl (C=O) groups excluding carboxylic acids is 1. The van der Waals surface area contributed by atoms with Crippen LogP contribution in [0.25, 0.3) is 0 Å². The van der Waals surface area contributed by atoms with Gasteiger partial charge in [0.15, 0.2) is 0 Å². The summed E-state index contributed by atoms with van der Waals surface area (Å²) in [5.41, 5.74) is 2.10.